The lowest BCUT2D eigenvalue weighted by molar-refractivity contribution is -0.136. The molecular weight excluding hydrogens is 380 g/mol. The first-order valence-corrected chi connectivity index (χ1v) is 11.4. The monoisotopic (exact) mass is 408 g/mol. The summed E-state index contributed by atoms with van der Waals surface area (Å²) in [5.41, 5.74) is 0.730. The van der Waals surface area contributed by atoms with Gasteiger partial charge in [0, 0.05) is 38.4 Å². The Morgan fingerprint density at radius 3 is 2.32 bits per heavy atom. The van der Waals surface area contributed by atoms with E-state index in [0.29, 0.717) is 52.0 Å². The van der Waals surface area contributed by atoms with Crippen molar-refractivity contribution in [3.05, 3.63) is 30.3 Å². The van der Waals surface area contributed by atoms with Gasteiger partial charge in [0.05, 0.1) is 5.75 Å². The van der Waals surface area contributed by atoms with Crippen molar-refractivity contribution in [1.29, 1.82) is 0 Å². The van der Waals surface area contributed by atoms with E-state index in [1.807, 2.05) is 37.3 Å². The maximum absolute atomic E-state index is 12.9. The van der Waals surface area contributed by atoms with E-state index >= 15 is 0 Å². The largest absolute Gasteiger partial charge is 0.338 e. The molecule has 0 radical (unpaired) electrons. The number of amides is 3. The molecule has 2 saturated heterocycles. The van der Waals surface area contributed by atoms with Gasteiger partial charge in [0.25, 0.3) is 0 Å². The number of urea groups is 1. The molecule has 0 spiro atoms. The van der Waals surface area contributed by atoms with Crippen LogP contribution in [0, 0.1) is 0 Å². The summed E-state index contributed by atoms with van der Waals surface area (Å²) in [4.78, 5) is 28.7. The van der Waals surface area contributed by atoms with Gasteiger partial charge in [0.1, 0.15) is 6.04 Å². The Bertz CT molecular complexity index is 791. The van der Waals surface area contributed by atoms with Crippen molar-refractivity contribution in [2.75, 3.05) is 43.8 Å². The first-order valence-electron chi connectivity index (χ1n) is 9.81. The number of nitrogens with zero attached hydrogens (tertiary/aromatic N) is 3. The Hall–Kier alpha value is -2.13. The van der Waals surface area contributed by atoms with Crippen LogP contribution in [0.15, 0.2) is 30.3 Å². The molecule has 1 aromatic carbocycles. The van der Waals surface area contributed by atoms with Gasteiger partial charge < -0.3 is 15.1 Å². The summed E-state index contributed by atoms with van der Waals surface area (Å²) in [5, 5.41) is 2.85. The molecule has 2 aliphatic rings. The molecule has 2 heterocycles. The average Bonchev–Trinajstić information content (AvgIpc) is 3.19. The van der Waals surface area contributed by atoms with Crippen molar-refractivity contribution in [2.45, 2.75) is 32.2 Å². The van der Waals surface area contributed by atoms with Crippen molar-refractivity contribution in [1.82, 2.24) is 14.1 Å². The second kappa shape index (κ2) is 8.91. The molecule has 2 fully saturated rings. The van der Waals surface area contributed by atoms with E-state index in [2.05, 4.69) is 5.32 Å². The van der Waals surface area contributed by atoms with Crippen LogP contribution in [0.5, 0.6) is 0 Å². The maximum Gasteiger partial charge on any atom is 0.321 e. The zero-order chi connectivity index (χ0) is 20.1. The maximum atomic E-state index is 12.9. The molecule has 0 saturated carbocycles. The standard InChI is InChI=1S/C19H28N4O4S/c1-2-15-28(26,27)23-10-6-9-17(23)18(24)21-11-13-22(14-12-21)19(25)20-16-7-4-3-5-8-16/h3-5,7-8,17H,2,6,9-15H2,1H3,(H,20,25)/t17-/m1/s1. The summed E-state index contributed by atoms with van der Waals surface area (Å²) in [5.74, 6) is -0.0650. The molecule has 0 unspecified atom stereocenters. The molecule has 2 aliphatic heterocycles. The van der Waals surface area contributed by atoms with Gasteiger partial charge in [-0.05, 0) is 31.4 Å². The highest BCUT2D eigenvalue weighted by Gasteiger charge is 2.40. The Balaban J connectivity index is 1.55. The van der Waals surface area contributed by atoms with Gasteiger partial charge in [-0.3, -0.25) is 4.79 Å². The number of hydrogen-bond acceptors (Lipinski definition) is 4. The van der Waals surface area contributed by atoms with Crippen LogP contribution in [0.3, 0.4) is 0 Å². The number of carbonyl (C=O) groups excluding carboxylic acids is 2. The summed E-state index contributed by atoms with van der Waals surface area (Å²) >= 11 is 0. The van der Waals surface area contributed by atoms with E-state index in [-0.39, 0.29) is 17.7 Å². The molecule has 0 aliphatic carbocycles. The first kappa shape index (κ1) is 20.6. The van der Waals surface area contributed by atoms with Crippen LogP contribution in [0.25, 0.3) is 0 Å². The Kier molecular flexibility index (Phi) is 6.56. The van der Waals surface area contributed by atoms with Crippen molar-refractivity contribution >= 4 is 27.6 Å². The van der Waals surface area contributed by atoms with Gasteiger partial charge >= 0.3 is 6.03 Å². The minimum absolute atomic E-state index is 0.0736. The van der Waals surface area contributed by atoms with Crippen molar-refractivity contribution in [2.24, 2.45) is 0 Å². The fraction of sp³-hybridized carbons (Fsp3) is 0.579. The predicted octanol–water partition coefficient (Wildman–Crippen LogP) is 1.57. The number of para-hydroxylation sites is 1. The van der Waals surface area contributed by atoms with Gasteiger partial charge in [-0.15, -0.1) is 0 Å². The van der Waals surface area contributed by atoms with Gasteiger partial charge in [-0.2, -0.15) is 4.31 Å². The number of hydrogen-bond donors (Lipinski definition) is 1. The highest BCUT2D eigenvalue weighted by atomic mass is 32.2. The summed E-state index contributed by atoms with van der Waals surface area (Å²) in [6.45, 7) is 3.93. The number of carbonyl (C=O) groups is 2. The molecule has 154 valence electrons. The smallest absolute Gasteiger partial charge is 0.321 e. The van der Waals surface area contributed by atoms with Gasteiger partial charge in [-0.25, -0.2) is 13.2 Å². The summed E-state index contributed by atoms with van der Waals surface area (Å²) in [6, 6.07) is 8.45. The van der Waals surface area contributed by atoms with Crippen LogP contribution >= 0.6 is 0 Å². The van der Waals surface area contributed by atoms with Gasteiger partial charge in [0.2, 0.25) is 15.9 Å². The third-order valence-corrected chi connectivity index (χ3v) is 7.29. The Morgan fingerprint density at radius 2 is 1.68 bits per heavy atom. The molecule has 1 aromatic rings. The lowest BCUT2D eigenvalue weighted by atomic mass is 10.2. The zero-order valence-corrected chi connectivity index (χ0v) is 17.0. The van der Waals surface area contributed by atoms with Crippen LogP contribution in [-0.2, 0) is 14.8 Å². The van der Waals surface area contributed by atoms with E-state index in [4.69, 9.17) is 0 Å². The number of piperazine rings is 1. The van der Waals surface area contributed by atoms with Crippen LogP contribution in [0.2, 0.25) is 0 Å². The normalized spacial score (nSPS) is 21.0. The van der Waals surface area contributed by atoms with Crippen LogP contribution < -0.4 is 5.32 Å². The molecule has 0 aromatic heterocycles. The van der Waals surface area contributed by atoms with Gasteiger partial charge in [-0.1, -0.05) is 25.1 Å². The summed E-state index contributed by atoms with van der Waals surface area (Å²) in [7, 11) is -3.39. The molecule has 1 atom stereocenters. The summed E-state index contributed by atoms with van der Waals surface area (Å²) in [6.07, 6.45) is 1.81. The fourth-order valence-electron chi connectivity index (χ4n) is 3.76. The lowest BCUT2D eigenvalue weighted by Crippen LogP contribution is -2.56. The Morgan fingerprint density at radius 1 is 1.04 bits per heavy atom. The topological polar surface area (TPSA) is 90.0 Å². The second-order valence-electron chi connectivity index (χ2n) is 7.19. The molecular formula is C19H28N4O4S. The minimum atomic E-state index is -3.39. The number of rotatable bonds is 5. The molecule has 3 amide bonds. The van der Waals surface area contributed by atoms with E-state index in [1.165, 1.54) is 4.31 Å². The molecule has 9 heteroatoms. The van der Waals surface area contributed by atoms with Crippen LogP contribution in [0.1, 0.15) is 26.2 Å². The molecule has 0 bridgehead atoms. The van der Waals surface area contributed by atoms with Crippen LogP contribution in [-0.4, -0.2) is 79.0 Å². The summed E-state index contributed by atoms with van der Waals surface area (Å²) < 4.78 is 26.3. The number of benzene rings is 1. The van der Waals surface area contributed by atoms with E-state index in [1.54, 1.807) is 9.80 Å². The number of nitrogens with one attached hydrogen (secondary N) is 1. The Labute approximate surface area is 166 Å². The minimum Gasteiger partial charge on any atom is -0.338 e. The third kappa shape index (κ3) is 4.64. The highest BCUT2D eigenvalue weighted by molar-refractivity contribution is 7.89. The SMILES string of the molecule is CCCS(=O)(=O)N1CCC[C@@H]1C(=O)N1CCN(C(=O)Nc2ccccc2)CC1. The van der Waals surface area contributed by atoms with E-state index in [0.717, 1.165) is 5.69 Å². The van der Waals surface area contributed by atoms with Crippen molar-refractivity contribution < 1.29 is 18.0 Å². The van der Waals surface area contributed by atoms with Crippen molar-refractivity contribution in [3.8, 4) is 0 Å². The molecule has 28 heavy (non-hydrogen) atoms. The van der Waals surface area contributed by atoms with E-state index < -0.39 is 16.1 Å². The van der Waals surface area contributed by atoms with E-state index in [9.17, 15) is 18.0 Å². The lowest BCUT2D eigenvalue weighted by Gasteiger charge is -2.37. The molecule has 8 nitrogen and oxygen atoms in total. The number of anilines is 1. The first-order chi connectivity index (χ1) is 13.4. The third-order valence-electron chi connectivity index (χ3n) is 5.21. The highest BCUT2D eigenvalue weighted by Crippen LogP contribution is 2.24. The molecule has 3 rings (SSSR count). The molecule has 1 N–H and O–H groups in total. The van der Waals surface area contributed by atoms with Crippen molar-refractivity contribution in [3.63, 3.8) is 0 Å². The second-order valence-corrected chi connectivity index (χ2v) is 9.23. The number of sulfonamides is 1. The fourth-order valence-corrected chi connectivity index (χ4v) is 5.50. The van der Waals surface area contributed by atoms with Gasteiger partial charge in [0.15, 0.2) is 0 Å². The predicted molar refractivity (Wildman–Crippen MR) is 107 cm³/mol. The van der Waals surface area contributed by atoms with Crippen LogP contribution in [0.4, 0.5) is 10.5 Å². The zero-order valence-electron chi connectivity index (χ0n) is 16.2. The quantitative estimate of drug-likeness (QED) is 0.801. The average molecular weight is 409 g/mol.